The average molecular weight is 262 g/mol. The van der Waals surface area contributed by atoms with Gasteiger partial charge in [0.05, 0.1) is 0 Å². The molecule has 1 fully saturated rings. The van der Waals surface area contributed by atoms with E-state index in [9.17, 15) is 9.59 Å². The van der Waals surface area contributed by atoms with Crippen LogP contribution in [0.1, 0.15) is 24.8 Å². The Kier molecular flexibility index (Phi) is 4.04. The number of amides is 2. The van der Waals surface area contributed by atoms with E-state index < -0.39 is 12.0 Å². The van der Waals surface area contributed by atoms with Crippen molar-refractivity contribution in [2.45, 2.75) is 32.2 Å². The topological polar surface area (TPSA) is 69.6 Å². The number of nitrogens with one attached hydrogen (secondary N) is 1. The highest BCUT2D eigenvalue weighted by Crippen LogP contribution is 2.20. The number of carboxylic acids is 1. The van der Waals surface area contributed by atoms with Crippen molar-refractivity contribution in [1.82, 2.24) is 4.90 Å². The molecular formula is C14H18N2O3. The van der Waals surface area contributed by atoms with Gasteiger partial charge in [0.1, 0.15) is 6.04 Å². The number of aliphatic carboxylic acids is 1. The van der Waals surface area contributed by atoms with E-state index in [1.165, 1.54) is 4.90 Å². The van der Waals surface area contributed by atoms with Gasteiger partial charge in [0.15, 0.2) is 0 Å². The number of hydrogen-bond donors (Lipinski definition) is 2. The summed E-state index contributed by atoms with van der Waals surface area (Å²) in [6.07, 6.45) is 2.23. The van der Waals surface area contributed by atoms with E-state index in [2.05, 4.69) is 5.32 Å². The first-order valence-corrected chi connectivity index (χ1v) is 6.45. The number of para-hydroxylation sites is 1. The van der Waals surface area contributed by atoms with E-state index >= 15 is 0 Å². The quantitative estimate of drug-likeness (QED) is 0.860. The molecule has 0 saturated carbocycles. The highest BCUT2D eigenvalue weighted by molar-refractivity contribution is 5.93. The Morgan fingerprint density at radius 1 is 1.32 bits per heavy atom. The van der Waals surface area contributed by atoms with Crippen LogP contribution >= 0.6 is 0 Å². The predicted molar refractivity (Wildman–Crippen MR) is 72.2 cm³/mol. The maximum Gasteiger partial charge on any atom is 0.326 e. The van der Waals surface area contributed by atoms with Gasteiger partial charge in [-0.05, 0) is 37.8 Å². The van der Waals surface area contributed by atoms with E-state index in [1.807, 2.05) is 31.2 Å². The van der Waals surface area contributed by atoms with Crippen molar-refractivity contribution in [3.05, 3.63) is 29.8 Å². The number of carbonyl (C=O) groups excluding carboxylic acids is 1. The second-order valence-electron chi connectivity index (χ2n) is 4.79. The predicted octanol–water partition coefficient (Wildman–Crippen LogP) is 2.47. The number of carbonyl (C=O) groups is 2. The van der Waals surface area contributed by atoms with Gasteiger partial charge in [-0.2, -0.15) is 0 Å². The molecule has 1 unspecified atom stereocenters. The zero-order valence-electron chi connectivity index (χ0n) is 10.9. The summed E-state index contributed by atoms with van der Waals surface area (Å²) in [5.74, 6) is -0.931. The summed E-state index contributed by atoms with van der Waals surface area (Å²) in [4.78, 5) is 24.8. The van der Waals surface area contributed by atoms with Crippen LogP contribution in [0.3, 0.4) is 0 Å². The molecule has 1 aliphatic rings. The van der Waals surface area contributed by atoms with E-state index in [0.717, 1.165) is 24.1 Å². The van der Waals surface area contributed by atoms with Crippen LogP contribution in [-0.4, -0.2) is 34.6 Å². The fourth-order valence-corrected chi connectivity index (χ4v) is 2.33. The summed E-state index contributed by atoms with van der Waals surface area (Å²) < 4.78 is 0. The molecule has 102 valence electrons. The number of anilines is 1. The molecule has 0 bridgehead atoms. The lowest BCUT2D eigenvalue weighted by atomic mass is 10.0. The molecule has 1 aromatic carbocycles. The Hall–Kier alpha value is -2.04. The van der Waals surface area contributed by atoms with Crippen LogP contribution in [0.2, 0.25) is 0 Å². The molecule has 0 aliphatic carbocycles. The Morgan fingerprint density at radius 3 is 2.74 bits per heavy atom. The molecule has 5 nitrogen and oxygen atoms in total. The summed E-state index contributed by atoms with van der Waals surface area (Å²) >= 11 is 0. The van der Waals surface area contributed by atoms with Gasteiger partial charge in [0.25, 0.3) is 0 Å². The van der Waals surface area contributed by atoms with E-state index in [0.29, 0.717) is 13.0 Å². The number of piperidine rings is 1. The minimum absolute atomic E-state index is 0.332. The van der Waals surface area contributed by atoms with Crippen LogP contribution in [0, 0.1) is 6.92 Å². The molecule has 19 heavy (non-hydrogen) atoms. The van der Waals surface area contributed by atoms with Crippen molar-refractivity contribution in [2.75, 3.05) is 11.9 Å². The number of aryl methyl sites for hydroxylation is 1. The number of hydrogen-bond acceptors (Lipinski definition) is 2. The molecule has 1 aliphatic heterocycles. The highest BCUT2D eigenvalue weighted by atomic mass is 16.4. The van der Waals surface area contributed by atoms with Crippen molar-refractivity contribution in [3.8, 4) is 0 Å². The van der Waals surface area contributed by atoms with Crippen molar-refractivity contribution < 1.29 is 14.7 Å². The van der Waals surface area contributed by atoms with Crippen molar-refractivity contribution >= 4 is 17.7 Å². The third kappa shape index (κ3) is 3.05. The first-order valence-electron chi connectivity index (χ1n) is 6.45. The molecule has 2 rings (SSSR count). The molecule has 1 saturated heterocycles. The molecule has 2 amide bonds. The smallest absolute Gasteiger partial charge is 0.326 e. The third-order valence-electron chi connectivity index (χ3n) is 3.44. The van der Waals surface area contributed by atoms with Crippen molar-refractivity contribution in [2.24, 2.45) is 0 Å². The van der Waals surface area contributed by atoms with Crippen LogP contribution in [0.25, 0.3) is 0 Å². The van der Waals surface area contributed by atoms with Gasteiger partial charge in [-0.3, -0.25) is 0 Å². The lowest BCUT2D eigenvalue weighted by Gasteiger charge is -2.33. The SMILES string of the molecule is Cc1ccccc1NC(=O)N1CCCCC1C(=O)O. The standard InChI is InChI=1S/C14H18N2O3/c1-10-6-2-3-7-11(10)15-14(19)16-9-5-4-8-12(16)13(17)18/h2-3,6-7,12H,4-5,8-9H2,1H3,(H,15,19)(H,17,18). The fourth-order valence-electron chi connectivity index (χ4n) is 2.33. The highest BCUT2D eigenvalue weighted by Gasteiger charge is 2.31. The molecule has 1 heterocycles. The van der Waals surface area contributed by atoms with Gasteiger partial charge < -0.3 is 15.3 Å². The Balaban J connectivity index is 2.10. The number of likely N-dealkylation sites (tertiary alicyclic amines) is 1. The fraction of sp³-hybridized carbons (Fsp3) is 0.429. The molecule has 2 N–H and O–H groups in total. The number of nitrogens with zero attached hydrogens (tertiary/aromatic N) is 1. The summed E-state index contributed by atoms with van der Waals surface area (Å²) in [6, 6.07) is 6.41. The summed E-state index contributed by atoms with van der Waals surface area (Å²) in [6.45, 7) is 2.40. The molecule has 0 spiro atoms. The van der Waals surface area contributed by atoms with Crippen LogP contribution < -0.4 is 5.32 Å². The zero-order valence-corrected chi connectivity index (χ0v) is 10.9. The Morgan fingerprint density at radius 2 is 2.05 bits per heavy atom. The number of benzene rings is 1. The molecule has 5 heteroatoms. The van der Waals surface area contributed by atoms with E-state index in [1.54, 1.807) is 0 Å². The van der Waals surface area contributed by atoms with Crippen molar-refractivity contribution in [3.63, 3.8) is 0 Å². The third-order valence-corrected chi connectivity index (χ3v) is 3.44. The average Bonchev–Trinajstić information content (AvgIpc) is 2.41. The molecule has 1 aromatic rings. The van der Waals surface area contributed by atoms with Gasteiger partial charge in [-0.25, -0.2) is 9.59 Å². The second kappa shape index (κ2) is 5.73. The number of urea groups is 1. The number of carboxylic acid groups (broad SMARTS) is 1. The monoisotopic (exact) mass is 262 g/mol. The normalized spacial score (nSPS) is 19.0. The van der Waals surface area contributed by atoms with E-state index in [4.69, 9.17) is 5.11 Å². The largest absolute Gasteiger partial charge is 0.480 e. The Bertz CT molecular complexity index is 487. The van der Waals surface area contributed by atoms with Gasteiger partial charge >= 0.3 is 12.0 Å². The molecular weight excluding hydrogens is 244 g/mol. The number of rotatable bonds is 2. The molecule has 0 aromatic heterocycles. The minimum atomic E-state index is -0.931. The first-order chi connectivity index (χ1) is 9.09. The van der Waals surface area contributed by atoms with Gasteiger partial charge in [-0.15, -0.1) is 0 Å². The van der Waals surface area contributed by atoms with Gasteiger partial charge in [0.2, 0.25) is 0 Å². The van der Waals surface area contributed by atoms with Crippen LogP contribution in [0.5, 0.6) is 0 Å². The van der Waals surface area contributed by atoms with Crippen LogP contribution in [-0.2, 0) is 4.79 Å². The van der Waals surface area contributed by atoms with Crippen molar-refractivity contribution in [1.29, 1.82) is 0 Å². The van der Waals surface area contributed by atoms with E-state index in [-0.39, 0.29) is 6.03 Å². The molecule has 1 atom stereocenters. The lowest BCUT2D eigenvalue weighted by Crippen LogP contribution is -2.49. The first kappa shape index (κ1) is 13.4. The summed E-state index contributed by atoms with van der Waals surface area (Å²) in [7, 11) is 0. The zero-order chi connectivity index (χ0) is 13.8. The molecule has 0 radical (unpaired) electrons. The van der Waals surface area contributed by atoms with Crippen LogP contribution in [0.15, 0.2) is 24.3 Å². The van der Waals surface area contributed by atoms with Gasteiger partial charge in [-0.1, -0.05) is 18.2 Å². The summed E-state index contributed by atoms with van der Waals surface area (Å²) in [5, 5.41) is 11.9. The second-order valence-corrected chi connectivity index (χ2v) is 4.79. The Labute approximate surface area is 112 Å². The van der Waals surface area contributed by atoms with Gasteiger partial charge in [0, 0.05) is 12.2 Å². The summed E-state index contributed by atoms with van der Waals surface area (Å²) in [5.41, 5.74) is 1.68. The maximum absolute atomic E-state index is 12.2. The lowest BCUT2D eigenvalue weighted by molar-refractivity contribution is -0.143. The van der Waals surface area contributed by atoms with Crippen LogP contribution in [0.4, 0.5) is 10.5 Å². The minimum Gasteiger partial charge on any atom is -0.480 e. The maximum atomic E-state index is 12.2.